The van der Waals surface area contributed by atoms with Crippen molar-refractivity contribution in [3.63, 3.8) is 0 Å². The number of allylic oxidation sites excluding steroid dienone is 5. The first kappa shape index (κ1) is 49.4. The molecule has 1 aliphatic rings. The largest absolute Gasteiger partial charge is 0.462 e. The molecular weight excluding hydrogens is 877 g/mol. The number of anilines is 1. The summed E-state index contributed by atoms with van der Waals surface area (Å²) in [5, 5.41) is 9.98. The minimum atomic E-state index is -0.888. The summed E-state index contributed by atoms with van der Waals surface area (Å²) in [6, 6.07) is 73.2. The molecule has 71 heavy (non-hydrogen) atoms. The maximum absolute atomic E-state index is 12.8. The first-order chi connectivity index (χ1) is 34.7. The molecule has 0 radical (unpaired) electrons. The van der Waals surface area contributed by atoms with Crippen LogP contribution >= 0.6 is 0 Å². The molecule has 7 heteroatoms. The summed E-state index contributed by atoms with van der Waals surface area (Å²) in [6.07, 6.45) is 7.28. The van der Waals surface area contributed by atoms with Gasteiger partial charge in [-0.3, -0.25) is 0 Å². The summed E-state index contributed by atoms with van der Waals surface area (Å²) in [5.74, 6) is 0.472. The van der Waals surface area contributed by atoms with Crippen molar-refractivity contribution in [1.82, 2.24) is 0 Å². The van der Waals surface area contributed by atoms with Crippen LogP contribution in [0, 0.1) is 16.7 Å². The molecule has 0 unspecified atom stereocenters. The van der Waals surface area contributed by atoms with Crippen LogP contribution in [0.2, 0.25) is 0 Å². The highest BCUT2D eigenvalue weighted by atomic mass is 16.5. The van der Waals surface area contributed by atoms with Crippen molar-refractivity contribution < 1.29 is 23.7 Å². The lowest BCUT2D eigenvalue weighted by atomic mass is 9.80. The van der Waals surface area contributed by atoms with E-state index in [4.69, 9.17) is 18.9 Å². The molecule has 0 saturated heterocycles. The van der Waals surface area contributed by atoms with Crippen LogP contribution in [0.3, 0.4) is 0 Å². The van der Waals surface area contributed by atoms with Crippen molar-refractivity contribution in [3.8, 4) is 6.07 Å². The van der Waals surface area contributed by atoms with E-state index in [1.165, 1.54) is 0 Å². The molecule has 0 aromatic heterocycles. The van der Waals surface area contributed by atoms with Crippen LogP contribution < -0.4 is 4.90 Å². The number of nitriles is 1. The maximum Gasteiger partial charge on any atom is 0.349 e. The first-order valence-electron chi connectivity index (χ1n) is 24.2. The molecule has 0 aliphatic carbocycles. The quantitative estimate of drug-likeness (QED) is 0.0346. The molecule has 1 heterocycles. The second kappa shape index (κ2) is 23.1. The highest BCUT2D eigenvalue weighted by Crippen LogP contribution is 2.42. The van der Waals surface area contributed by atoms with E-state index in [-0.39, 0.29) is 12.2 Å². The molecule has 0 amide bonds. The van der Waals surface area contributed by atoms with Crippen LogP contribution in [-0.2, 0) is 34.9 Å². The van der Waals surface area contributed by atoms with E-state index >= 15 is 0 Å². The number of rotatable bonds is 19. The highest BCUT2D eigenvalue weighted by molar-refractivity contribution is 5.95. The Morgan fingerprint density at radius 3 is 1.27 bits per heavy atom. The Morgan fingerprint density at radius 1 is 0.549 bits per heavy atom. The summed E-state index contributed by atoms with van der Waals surface area (Å²) in [4.78, 5) is 15.1. The van der Waals surface area contributed by atoms with Crippen LogP contribution in [0.15, 0.2) is 247 Å². The van der Waals surface area contributed by atoms with Gasteiger partial charge in [-0.25, -0.2) is 4.79 Å². The maximum atomic E-state index is 12.8. The third kappa shape index (κ3) is 11.4. The molecule has 0 bridgehead atoms. The number of carbonyl (C=O) groups is 1. The Hall–Kier alpha value is -8.02. The molecule has 0 saturated carbocycles. The summed E-state index contributed by atoms with van der Waals surface area (Å²) in [6.45, 7) is 9.80. The zero-order valence-corrected chi connectivity index (χ0v) is 40.9. The molecule has 7 nitrogen and oxygen atoms in total. The van der Waals surface area contributed by atoms with Gasteiger partial charge in [0.05, 0.1) is 19.8 Å². The molecule has 1 aliphatic heterocycles. The Balaban J connectivity index is 1.14. The number of ether oxygens (including phenoxy) is 4. The zero-order chi connectivity index (χ0) is 49.5. The van der Waals surface area contributed by atoms with Gasteiger partial charge >= 0.3 is 5.97 Å². The van der Waals surface area contributed by atoms with Gasteiger partial charge in [-0.1, -0.05) is 221 Å². The molecule has 0 N–H and O–H groups in total. The van der Waals surface area contributed by atoms with Gasteiger partial charge < -0.3 is 23.8 Å². The lowest BCUT2D eigenvalue weighted by Gasteiger charge is -2.38. The smallest absolute Gasteiger partial charge is 0.349 e. The number of carbonyl (C=O) groups excluding carboxylic acids is 1. The minimum absolute atomic E-state index is 0.0673. The number of nitrogens with zero attached hydrogens (tertiary/aromatic N) is 2. The monoisotopic (exact) mass is 936 g/mol. The van der Waals surface area contributed by atoms with Crippen molar-refractivity contribution in [2.24, 2.45) is 5.41 Å². The zero-order valence-electron chi connectivity index (χ0n) is 40.9. The Kier molecular flexibility index (Phi) is 16.0. The molecule has 356 valence electrons. The summed E-state index contributed by atoms with van der Waals surface area (Å²) in [7, 11) is 0. The minimum Gasteiger partial charge on any atom is -0.462 e. The Morgan fingerprint density at radius 2 is 0.930 bits per heavy atom. The van der Waals surface area contributed by atoms with E-state index < -0.39 is 22.6 Å². The predicted octanol–water partition coefficient (Wildman–Crippen LogP) is 13.8. The molecule has 0 fully saturated rings. The van der Waals surface area contributed by atoms with Gasteiger partial charge in [0.1, 0.15) is 34.4 Å². The molecule has 7 aromatic carbocycles. The van der Waals surface area contributed by atoms with E-state index in [2.05, 4.69) is 175 Å². The molecule has 8 rings (SSSR count). The number of hydrogen-bond acceptors (Lipinski definition) is 7. The topological polar surface area (TPSA) is 81.0 Å². The third-order valence-corrected chi connectivity index (χ3v) is 12.6. The molecule has 7 aromatic rings. The SMILES string of the molecule is CCOC(=O)/C(C#N)=C1C=C(/C=C/c2ccc(N(CCOC(c3ccccc3)(c3ccccc3)c3ccccc3)CCOC(c3ccccc3)(c3ccccc3)c3ccccc3)cc2)OC(C(C)(C)C)=C/1. The van der Waals surface area contributed by atoms with E-state index in [0.717, 1.165) is 44.6 Å². The fourth-order valence-corrected chi connectivity index (χ4v) is 9.05. The van der Waals surface area contributed by atoms with Crippen LogP contribution in [0.25, 0.3) is 6.08 Å². The standard InChI is InChI=1S/C64H60N2O5/c1-5-68-61(67)59(48-65)50-46-58(71-60(47-50)62(2,3)4)41-38-49-36-39-57(40-37-49)66(42-44-69-63(51-24-12-6-13-25-51,52-26-14-7-15-27-52)53-28-16-8-17-29-53)43-45-70-64(54-30-18-9-19-31-54,55-32-20-10-21-33-55)56-34-22-11-23-35-56/h6-41,46-47H,5,42-45H2,1-4H3/b41-38+,59-50-. The van der Waals surface area contributed by atoms with Gasteiger partial charge in [-0.15, -0.1) is 0 Å². The fourth-order valence-electron chi connectivity index (χ4n) is 9.05. The number of benzene rings is 7. The van der Waals surface area contributed by atoms with E-state index in [1.807, 2.05) is 75.4 Å². The van der Waals surface area contributed by atoms with Crippen molar-refractivity contribution in [2.75, 3.05) is 37.8 Å². The summed E-state index contributed by atoms with van der Waals surface area (Å²) < 4.78 is 26.2. The van der Waals surface area contributed by atoms with Gasteiger partial charge in [0.15, 0.2) is 0 Å². The molecule has 0 spiro atoms. The second-order valence-corrected chi connectivity index (χ2v) is 18.2. The van der Waals surface area contributed by atoms with Gasteiger partial charge in [0.25, 0.3) is 0 Å². The lowest BCUT2D eigenvalue weighted by molar-refractivity contribution is -0.138. The van der Waals surface area contributed by atoms with Gasteiger partial charge in [0.2, 0.25) is 0 Å². The molecular formula is C64H60N2O5. The first-order valence-corrected chi connectivity index (χ1v) is 24.2. The van der Waals surface area contributed by atoms with Crippen LogP contribution in [0.4, 0.5) is 5.69 Å². The number of esters is 1. The lowest BCUT2D eigenvalue weighted by Crippen LogP contribution is -2.39. The van der Waals surface area contributed by atoms with Gasteiger partial charge in [0, 0.05) is 29.8 Å². The Labute approximate surface area is 419 Å². The van der Waals surface area contributed by atoms with Crippen molar-refractivity contribution in [3.05, 3.63) is 286 Å². The van der Waals surface area contributed by atoms with E-state index in [0.29, 0.717) is 43.4 Å². The second-order valence-electron chi connectivity index (χ2n) is 18.2. The third-order valence-electron chi connectivity index (χ3n) is 12.6. The predicted molar refractivity (Wildman–Crippen MR) is 284 cm³/mol. The van der Waals surface area contributed by atoms with Crippen molar-refractivity contribution in [2.45, 2.75) is 38.9 Å². The average molecular weight is 937 g/mol. The van der Waals surface area contributed by atoms with Crippen molar-refractivity contribution >= 4 is 17.7 Å². The highest BCUT2D eigenvalue weighted by Gasteiger charge is 2.39. The van der Waals surface area contributed by atoms with Crippen LogP contribution in [0.1, 0.15) is 66.6 Å². The summed E-state index contributed by atoms with van der Waals surface area (Å²) >= 11 is 0. The van der Waals surface area contributed by atoms with E-state index in [9.17, 15) is 10.1 Å². The van der Waals surface area contributed by atoms with Gasteiger partial charge in [-0.05, 0) is 76.2 Å². The summed E-state index contributed by atoms with van der Waals surface area (Å²) in [5.41, 5.74) is 6.37. The number of hydrogen-bond donors (Lipinski definition) is 0. The molecule has 0 atom stereocenters. The van der Waals surface area contributed by atoms with E-state index in [1.54, 1.807) is 19.1 Å². The average Bonchev–Trinajstić information content (AvgIpc) is 3.42. The Bertz CT molecular complexity index is 2670. The van der Waals surface area contributed by atoms with Crippen LogP contribution in [0.5, 0.6) is 0 Å². The normalized spacial score (nSPS) is 13.6. The van der Waals surface area contributed by atoms with Crippen molar-refractivity contribution in [1.29, 1.82) is 5.26 Å². The fraction of sp³-hybridized carbons (Fsp3) is 0.188. The van der Waals surface area contributed by atoms with Gasteiger partial charge in [-0.2, -0.15) is 5.26 Å². The van der Waals surface area contributed by atoms with Crippen LogP contribution in [-0.4, -0.2) is 38.9 Å².